The number of para-hydroxylation sites is 1. The van der Waals surface area contributed by atoms with Gasteiger partial charge in [-0.15, -0.1) is 24.8 Å². The Morgan fingerprint density at radius 1 is 0.895 bits per heavy atom. The Hall–Kier alpha value is -3.31. The Morgan fingerprint density at radius 2 is 1.55 bits per heavy atom. The number of nitrogens with one attached hydrogen (secondary N) is 3. The highest BCUT2D eigenvalue weighted by atomic mass is 35.5. The number of phenolic OH excluding ortho intramolecular Hbond substituents is 1. The van der Waals surface area contributed by atoms with Crippen molar-refractivity contribution in [3.05, 3.63) is 65.9 Å². The highest BCUT2D eigenvalue weighted by Gasteiger charge is 2.28. The molecule has 0 radical (unpaired) electrons. The summed E-state index contributed by atoms with van der Waals surface area (Å²) < 4.78 is 0. The quantitative estimate of drug-likeness (QED) is 0.153. The summed E-state index contributed by atoms with van der Waals surface area (Å²) in [5.41, 5.74) is 19.7. The molecule has 38 heavy (non-hydrogen) atoms. The first-order valence-corrected chi connectivity index (χ1v) is 12.0. The van der Waals surface area contributed by atoms with Gasteiger partial charge < -0.3 is 37.9 Å². The molecule has 0 aliphatic carbocycles. The predicted octanol–water partition coefficient (Wildman–Crippen LogP) is 1.41. The van der Waals surface area contributed by atoms with Crippen molar-refractivity contribution in [1.82, 2.24) is 15.6 Å². The number of halogens is 2. The molecule has 0 aliphatic heterocycles. The first-order chi connectivity index (χ1) is 17.3. The molecule has 3 rings (SSSR count). The van der Waals surface area contributed by atoms with Gasteiger partial charge in [0, 0.05) is 23.5 Å². The van der Waals surface area contributed by atoms with Crippen LogP contribution in [0.4, 0.5) is 0 Å². The van der Waals surface area contributed by atoms with Crippen molar-refractivity contribution in [2.24, 2.45) is 17.2 Å². The molecule has 0 saturated heterocycles. The van der Waals surface area contributed by atoms with Crippen LogP contribution < -0.4 is 27.8 Å². The largest absolute Gasteiger partial charge is 0.508 e. The maximum Gasteiger partial charge on any atom is 0.243 e. The summed E-state index contributed by atoms with van der Waals surface area (Å²) in [5, 5.41) is 15.8. The van der Waals surface area contributed by atoms with Gasteiger partial charge in [0.2, 0.25) is 17.7 Å². The van der Waals surface area contributed by atoms with Crippen LogP contribution in [0.15, 0.2) is 54.7 Å². The Kier molecular flexibility index (Phi) is 13.6. The van der Waals surface area contributed by atoms with Gasteiger partial charge in [0.1, 0.15) is 17.8 Å². The Labute approximate surface area is 233 Å². The third-order valence-electron chi connectivity index (χ3n) is 6.07. The van der Waals surface area contributed by atoms with Crippen molar-refractivity contribution in [3.63, 3.8) is 0 Å². The molecule has 1 aromatic heterocycles. The van der Waals surface area contributed by atoms with Crippen molar-refractivity contribution in [3.8, 4) is 5.75 Å². The van der Waals surface area contributed by atoms with E-state index in [1.807, 2.05) is 24.3 Å². The molecule has 208 valence electrons. The van der Waals surface area contributed by atoms with Gasteiger partial charge in [0.15, 0.2) is 0 Å². The van der Waals surface area contributed by atoms with Gasteiger partial charge >= 0.3 is 0 Å². The molecule has 3 atom stereocenters. The van der Waals surface area contributed by atoms with E-state index in [0.717, 1.165) is 22.0 Å². The third-order valence-corrected chi connectivity index (χ3v) is 6.07. The van der Waals surface area contributed by atoms with Crippen LogP contribution in [0.25, 0.3) is 10.9 Å². The molecule has 0 bridgehead atoms. The lowest BCUT2D eigenvalue weighted by atomic mass is 10.0. The summed E-state index contributed by atoms with van der Waals surface area (Å²) in [6.07, 6.45) is 3.87. The third kappa shape index (κ3) is 9.21. The molecule has 10 nitrogen and oxygen atoms in total. The second kappa shape index (κ2) is 15.8. The number of aromatic amines is 1. The van der Waals surface area contributed by atoms with Crippen molar-refractivity contribution in [2.75, 3.05) is 6.54 Å². The molecule has 12 heteroatoms. The second-order valence-corrected chi connectivity index (χ2v) is 8.85. The molecule has 0 fully saturated rings. The minimum atomic E-state index is -0.987. The van der Waals surface area contributed by atoms with Gasteiger partial charge in [-0.2, -0.15) is 0 Å². The molecule has 2 aromatic carbocycles. The first kappa shape index (κ1) is 32.7. The van der Waals surface area contributed by atoms with Crippen LogP contribution in [0.5, 0.6) is 5.75 Å². The summed E-state index contributed by atoms with van der Waals surface area (Å²) in [6.45, 7) is 0.470. The van der Waals surface area contributed by atoms with Gasteiger partial charge in [-0.1, -0.05) is 30.3 Å². The minimum Gasteiger partial charge on any atom is -0.508 e. The van der Waals surface area contributed by atoms with Crippen LogP contribution in [0, 0.1) is 0 Å². The van der Waals surface area contributed by atoms with E-state index < -0.39 is 35.8 Å². The zero-order valence-corrected chi connectivity index (χ0v) is 22.5. The number of amides is 3. The number of rotatable bonds is 13. The van der Waals surface area contributed by atoms with E-state index >= 15 is 0 Å². The lowest BCUT2D eigenvalue weighted by molar-refractivity contribution is -0.131. The number of phenols is 1. The number of aromatic hydroxyl groups is 1. The lowest BCUT2D eigenvalue weighted by Crippen LogP contribution is -2.56. The SMILES string of the molecule is Cl.Cl.NCCCC[C@H](NC(=O)[C@H](Cc1c[nH]c2ccccc12)NC(=O)[C@@H](N)Cc1ccc(O)cc1)C(N)=O. The molecule has 3 amide bonds. The number of unbranched alkanes of at least 4 members (excludes halogenated alkanes) is 1. The van der Waals surface area contributed by atoms with Crippen LogP contribution in [-0.2, 0) is 27.2 Å². The summed E-state index contributed by atoms with van der Waals surface area (Å²) in [4.78, 5) is 41.4. The number of aromatic nitrogens is 1. The Balaban J connectivity index is 0.00000361. The van der Waals surface area contributed by atoms with E-state index in [1.54, 1.807) is 18.3 Å². The normalized spacial score (nSPS) is 12.9. The first-order valence-electron chi connectivity index (χ1n) is 12.0. The number of H-pyrrole nitrogens is 1. The summed E-state index contributed by atoms with van der Waals surface area (Å²) >= 11 is 0. The maximum atomic E-state index is 13.3. The average Bonchev–Trinajstić information content (AvgIpc) is 3.27. The number of primary amides is 1. The van der Waals surface area contributed by atoms with E-state index in [0.29, 0.717) is 25.8 Å². The second-order valence-electron chi connectivity index (χ2n) is 8.85. The number of nitrogens with two attached hydrogens (primary N) is 3. The van der Waals surface area contributed by atoms with Crippen LogP contribution in [-0.4, -0.2) is 52.5 Å². The molecule has 0 unspecified atom stereocenters. The molecular formula is C26H36Cl2N6O4. The summed E-state index contributed by atoms with van der Waals surface area (Å²) in [5.74, 6) is -1.58. The summed E-state index contributed by atoms with van der Waals surface area (Å²) in [6, 6.07) is 11.2. The van der Waals surface area contributed by atoms with Gasteiger partial charge in [-0.3, -0.25) is 14.4 Å². The Bertz CT molecular complexity index is 1190. The lowest BCUT2D eigenvalue weighted by Gasteiger charge is -2.23. The number of carbonyl (C=O) groups is 3. The standard InChI is InChI=1S/C26H34N6O4.2ClH/c27-12-4-3-7-22(24(29)34)31-26(36)23(14-17-15-30-21-6-2-1-5-19(17)21)32-25(35)20(28)13-16-8-10-18(33)11-9-16;;/h1-2,5-6,8-11,15,20,22-23,30,33H,3-4,7,12-14,27-28H2,(H2,29,34)(H,31,36)(H,32,35);2*1H/t20-,22-,23-;;/m0../s1. The zero-order chi connectivity index (χ0) is 26.1. The predicted molar refractivity (Wildman–Crippen MR) is 152 cm³/mol. The van der Waals surface area contributed by atoms with Gasteiger partial charge in [-0.05, 0) is 61.6 Å². The fourth-order valence-electron chi connectivity index (χ4n) is 4.04. The zero-order valence-electron chi connectivity index (χ0n) is 20.9. The number of carbonyl (C=O) groups excluding carboxylic acids is 3. The molecule has 1 heterocycles. The topological polar surface area (TPSA) is 189 Å². The van der Waals surface area contributed by atoms with Crippen molar-refractivity contribution < 1.29 is 19.5 Å². The highest BCUT2D eigenvalue weighted by molar-refractivity contribution is 5.93. The van der Waals surface area contributed by atoms with Crippen molar-refractivity contribution in [1.29, 1.82) is 0 Å². The summed E-state index contributed by atoms with van der Waals surface area (Å²) in [7, 11) is 0. The van der Waals surface area contributed by atoms with E-state index in [2.05, 4.69) is 15.6 Å². The van der Waals surface area contributed by atoms with Crippen LogP contribution in [0.2, 0.25) is 0 Å². The van der Waals surface area contributed by atoms with Crippen molar-refractivity contribution >= 4 is 53.4 Å². The minimum absolute atomic E-state index is 0. The fraction of sp³-hybridized carbons (Fsp3) is 0.346. The van der Waals surface area contributed by atoms with E-state index in [-0.39, 0.29) is 43.4 Å². The van der Waals surface area contributed by atoms with E-state index in [4.69, 9.17) is 17.2 Å². The smallest absolute Gasteiger partial charge is 0.243 e. The molecule has 0 aliphatic rings. The Morgan fingerprint density at radius 3 is 2.21 bits per heavy atom. The number of benzene rings is 2. The van der Waals surface area contributed by atoms with E-state index in [9.17, 15) is 19.5 Å². The van der Waals surface area contributed by atoms with Gasteiger partial charge in [0.05, 0.1) is 6.04 Å². The van der Waals surface area contributed by atoms with Gasteiger partial charge in [-0.25, -0.2) is 0 Å². The van der Waals surface area contributed by atoms with Crippen LogP contribution >= 0.6 is 24.8 Å². The highest BCUT2D eigenvalue weighted by Crippen LogP contribution is 2.19. The van der Waals surface area contributed by atoms with Crippen LogP contribution in [0.1, 0.15) is 30.4 Å². The van der Waals surface area contributed by atoms with Gasteiger partial charge in [0.25, 0.3) is 0 Å². The molecule has 0 saturated carbocycles. The number of hydrogen-bond acceptors (Lipinski definition) is 6. The molecular weight excluding hydrogens is 531 g/mol. The molecule has 3 aromatic rings. The average molecular weight is 568 g/mol. The van der Waals surface area contributed by atoms with E-state index in [1.165, 1.54) is 12.1 Å². The number of hydrogen-bond donors (Lipinski definition) is 7. The van der Waals surface area contributed by atoms with Crippen molar-refractivity contribution in [2.45, 2.75) is 50.2 Å². The molecule has 0 spiro atoms. The fourth-order valence-corrected chi connectivity index (χ4v) is 4.04. The monoisotopic (exact) mass is 566 g/mol. The number of fused-ring (bicyclic) bond motifs is 1. The maximum absolute atomic E-state index is 13.3. The van der Waals surface area contributed by atoms with Crippen LogP contribution in [0.3, 0.4) is 0 Å². The molecule has 10 N–H and O–H groups in total.